The minimum absolute atomic E-state index is 0.0810. The van der Waals surface area contributed by atoms with E-state index in [2.05, 4.69) is 10.4 Å². The van der Waals surface area contributed by atoms with Gasteiger partial charge in [-0.2, -0.15) is 5.10 Å². The fourth-order valence-electron chi connectivity index (χ4n) is 3.20. The number of Topliss-reactive ketones (excluding diaryl/α,β-unsaturated/α-hetero) is 1. The normalized spacial score (nSPS) is 10.7. The third-order valence-electron chi connectivity index (χ3n) is 4.68. The Morgan fingerprint density at radius 2 is 1.76 bits per heavy atom. The van der Waals surface area contributed by atoms with E-state index < -0.39 is 24.5 Å². The van der Waals surface area contributed by atoms with Crippen molar-refractivity contribution in [1.29, 1.82) is 0 Å². The van der Waals surface area contributed by atoms with E-state index in [0.29, 0.717) is 15.8 Å². The van der Waals surface area contributed by atoms with E-state index in [1.54, 1.807) is 38.1 Å². The second kappa shape index (κ2) is 9.74. The Morgan fingerprint density at radius 3 is 2.39 bits per heavy atom. The highest BCUT2D eigenvalue weighted by molar-refractivity contribution is 7.18. The van der Waals surface area contributed by atoms with E-state index in [9.17, 15) is 24.0 Å². The summed E-state index contributed by atoms with van der Waals surface area (Å²) in [5.74, 6) is -2.55. The number of esters is 2. The van der Waals surface area contributed by atoms with Crippen molar-refractivity contribution in [2.45, 2.75) is 20.8 Å². The molecule has 2 heterocycles. The zero-order valence-electron chi connectivity index (χ0n) is 18.4. The van der Waals surface area contributed by atoms with E-state index in [4.69, 9.17) is 9.47 Å². The molecule has 0 saturated carbocycles. The summed E-state index contributed by atoms with van der Waals surface area (Å²) in [5.41, 5.74) is -0.00385. The van der Waals surface area contributed by atoms with E-state index in [1.807, 2.05) is 0 Å². The first-order valence-corrected chi connectivity index (χ1v) is 10.7. The first-order valence-electron chi connectivity index (χ1n) is 9.90. The molecule has 0 aliphatic carbocycles. The second-order valence-electron chi connectivity index (χ2n) is 6.98. The maximum Gasteiger partial charge on any atom is 0.359 e. The topological polar surface area (TPSA) is 134 Å². The molecule has 0 atom stereocenters. The van der Waals surface area contributed by atoms with Gasteiger partial charge in [0.05, 0.1) is 22.4 Å². The first-order chi connectivity index (χ1) is 15.6. The van der Waals surface area contributed by atoms with Crippen molar-refractivity contribution in [2.24, 2.45) is 7.05 Å². The molecule has 0 bridgehead atoms. The monoisotopic (exact) mass is 471 g/mol. The van der Waals surface area contributed by atoms with Crippen molar-refractivity contribution in [1.82, 2.24) is 9.78 Å². The number of anilines is 1. The zero-order valence-corrected chi connectivity index (χ0v) is 19.2. The van der Waals surface area contributed by atoms with Crippen molar-refractivity contribution >= 4 is 50.7 Å². The van der Waals surface area contributed by atoms with Gasteiger partial charge < -0.3 is 14.8 Å². The molecule has 0 aliphatic heterocycles. The molecule has 1 amide bonds. The number of amides is 1. The summed E-state index contributed by atoms with van der Waals surface area (Å²) in [4.78, 5) is 61.8. The van der Waals surface area contributed by atoms with Gasteiger partial charge in [-0.3, -0.25) is 14.4 Å². The molecule has 1 aromatic carbocycles. The molecule has 0 fully saturated rings. The summed E-state index contributed by atoms with van der Waals surface area (Å²) < 4.78 is 11.1. The van der Waals surface area contributed by atoms with E-state index in [1.165, 1.54) is 14.0 Å². The average Bonchev–Trinajstić information content (AvgIpc) is 3.10. The van der Waals surface area contributed by atoms with Crippen LogP contribution in [0, 0.1) is 6.92 Å². The number of hydrogen-bond donors (Lipinski definition) is 1. The van der Waals surface area contributed by atoms with Gasteiger partial charge in [-0.1, -0.05) is 18.2 Å². The van der Waals surface area contributed by atoms with Crippen LogP contribution >= 0.6 is 11.3 Å². The van der Waals surface area contributed by atoms with Crippen molar-refractivity contribution in [3.63, 3.8) is 0 Å². The van der Waals surface area contributed by atoms with Crippen LogP contribution in [0.1, 0.15) is 49.9 Å². The number of nitrogens with zero attached hydrogens (tertiary/aromatic N) is 2. The van der Waals surface area contributed by atoms with Gasteiger partial charge in [-0.15, -0.1) is 11.3 Å². The molecule has 0 radical (unpaired) electrons. The Labute approximate surface area is 192 Å². The third-order valence-corrected chi connectivity index (χ3v) is 5.99. The molecule has 10 nitrogen and oxygen atoms in total. The molecule has 0 spiro atoms. The molecule has 172 valence electrons. The summed E-state index contributed by atoms with van der Waals surface area (Å²) in [6, 6.07) is 6.43. The molecule has 2 aromatic heterocycles. The number of aryl methyl sites for hydroxylation is 1. The maximum atomic E-state index is 12.6. The molecule has 1 N–H and O–H groups in total. The van der Waals surface area contributed by atoms with Gasteiger partial charge in [-0.05, 0) is 32.4 Å². The number of carbonyl (C=O) groups is 4. The van der Waals surface area contributed by atoms with Crippen LogP contribution in [0.3, 0.4) is 0 Å². The lowest BCUT2D eigenvalue weighted by Crippen LogP contribution is -2.26. The van der Waals surface area contributed by atoms with Gasteiger partial charge in [-0.25, -0.2) is 14.3 Å². The molecule has 11 heteroatoms. The Balaban J connectivity index is 1.80. The van der Waals surface area contributed by atoms with Gasteiger partial charge in [0, 0.05) is 12.4 Å². The number of aromatic nitrogens is 2. The standard InChI is InChI=1S/C22H21N3O7S/c1-5-31-21(29)16-11(2)18(12(3)26)33-19(16)23-15(27)10-32-22(30)17-13-8-6-7-9-14(13)20(28)25(4)24-17/h6-9H,5,10H2,1-4H3,(H,23,27). The molecule has 0 saturated heterocycles. The van der Waals surface area contributed by atoms with Crippen molar-refractivity contribution < 1.29 is 28.7 Å². The van der Waals surface area contributed by atoms with Gasteiger partial charge in [0.15, 0.2) is 18.1 Å². The number of thiophene rings is 1. The lowest BCUT2D eigenvalue weighted by atomic mass is 10.1. The second-order valence-corrected chi connectivity index (χ2v) is 8.00. The van der Waals surface area contributed by atoms with Crippen molar-refractivity contribution in [3.8, 4) is 0 Å². The summed E-state index contributed by atoms with van der Waals surface area (Å²) in [7, 11) is 1.40. The Morgan fingerprint density at radius 1 is 1.09 bits per heavy atom. The number of fused-ring (bicyclic) bond motifs is 1. The van der Waals surface area contributed by atoms with Crippen molar-refractivity contribution in [3.05, 3.63) is 56.3 Å². The number of ketones is 1. The number of carbonyl (C=O) groups excluding carboxylic acids is 4. The molecule has 33 heavy (non-hydrogen) atoms. The fourth-order valence-corrected chi connectivity index (χ4v) is 4.31. The first kappa shape index (κ1) is 23.8. The minimum atomic E-state index is -0.894. The van der Waals surface area contributed by atoms with Crippen LogP contribution in [0.2, 0.25) is 0 Å². The molecular weight excluding hydrogens is 450 g/mol. The van der Waals surface area contributed by atoms with Crippen LogP contribution in [-0.2, 0) is 21.3 Å². The number of hydrogen-bond acceptors (Lipinski definition) is 9. The Kier molecular flexibility index (Phi) is 7.02. The van der Waals surface area contributed by atoms with E-state index in [0.717, 1.165) is 16.0 Å². The number of ether oxygens (including phenoxy) is 2. The molecule has 0 aliphatic rings. The van der Waals surface area contributed by atoms with E-state index >= 15 is 0 Å². The summed E-state index contributed by atoms with van der Waals surface area (Å²) in [5, 5.41) is 7.18. The number of rotatable bonds is 7. The largest absolute Gasteiger partial charge is 0.462 e. The Hall–Kier alpha value is -3.86. The highest BCUT2D eigenvalue weighted by Gasteiger charge is 2.26. The molecule has 3 aromatic rings. The number of nitrogens with one attached hydrogen (secondary N) is 1. The van der Waals surface area contributed by atoms with Crippen LogP contribution in [0.4, 0.5) is 5.00 Å². The molecular formula is C22H21N3O7S. The summed E-state index contributed by atoms with van der Waals surface area (Å²) >= 11 is 0.940. The Bertz CT molecular complexity index is 1340. The fraction of sp³-hybridized carbons (Fsp3) is 0.273. The summed E-state index contributed by atoms with van der Waals surface area (Å²) in [6.07, 6.45) is 0. The lowest BCUT2D eigenvalue weighted by Gasteiger charge is -2.09. The van der Waals surface area contributed by atoms with Gasteiger partial charge >= 0.3 is 11.9 Å². The van der Waals surface area contributed by atoms with Crippen LogP contribution in [0.15, 0.2) is 29.1 Å². The van der Waals surface area contributed by atoms with Crippen LogP contribution in [0.5, 0.6) is 0 Å². The highest BCUT2D eigenvalue weighted by atomic mass is 32.1. The van der Waals surface area contributed by atoms with Crippen LogP contribution < -0.4 is 10.9 Å². The molecule has 3 rings (SSSR count). The molecule has 0 unspecified atom stereocenters. The minimum Gasteiger partial charge on any atom is -0.462 e. The number of benzene rings is 1. The highest BCUT2D eigenvalue weighted by Crippen LogP contribution is 2.34. The van der Waals surface area contributed by atoms with Crippen molar-refractivity contribution in [2.75, 3.05) is 18.5 Å². The quantitative estimate of drug-likeness (QED) is 0.410. The zero-order chi connectivity index (χ0) is 24.3. The smallest absolute Gasteiger partial charge is 0.359 e. The SMILES string of the molecule is CCOC(=O)c1c(NC(=O)COC(=O)c2nn(C)c(=O)c3ccccc23)sc(C(C)=O)c1C. The maximum absolute atomic E-state index is 12.6. The predicted octanol–water partition coefficient (Wildman–Crippen LogP) is 2.48. The van der Waals surface area contributed by atoms with Gasteiger partial charge in [0.25, 0.3) is 11.5 Å². The van der Waals surface area contributed by atoms with Gasteiger partial charge in [0.2, 0.25) is 0 Å². The average molecular weight is 471 g/mol. The van der Waals surface area contributed by atoms with E-state index in [-0.39, 0.29) is 39.6 Å². The van der Waals surface area contributed by atoms with Crippen LogP contribution in [-0.4, -0.2) is 46.6 Å². The predicted molar refractivity (Wildman–Crippen MR) is 121 cm³/mol. The third kappa shape index (κ3) is 4.82. The summed E-state index contributed by atoms with van der Waals surface area (Å²) in [6.45, 7) is 4.03. The van der Waals surface area contributed by atoms with Crippen LogP contribution in [0.25, 0.3) is 10.8 Å². The lowest BCUT2D eigenvalue weighted by molar-refractivity contribution is -0.119. The van der Waals surface area contributed by atoms with Gasteiger partial charge in [0.1, 0.15) is 5.00 Å².